The van der Waals surface area contributed by atoms with Gasteiger partial charge in [-0.15, -0.1) is 11.3 Å². The summed E-state index contributed by atoms with van der Waals surface area (Å²) < 4.78 is 0. The third-order valence-electron chi connectivity index (χ3n) is 4.62. The topological polar surface area (TPSA) is 53.4 Å². The van der Waals surface area contributed by atoms with Crippen LogP contribution in [0.25, 0.3) is 6.08 Å². The fraction of sp³-hybridized carbons (Fsp3) is 0.400. The van der Waals surface area contributed by atoms with E-state index in [0.717, 1.165) is 48.4 Å². The number of aryl methyl sites for hydroxylation is 1. The van der Waals surface area contributed by atoms with E-state index >= 15 is 0 Å². The third kappa shape index (κ3) is 5.00. The summed E-state index contributed by atoms with van der Waals surface area (Å²) in [6.07, 6.45) is 10.6. The predicted octanol–water partition coefficient (Wildman–Crippen LogP) is 3.66. The fourth-order valence-corrected chi connectivity index (χ4v) is 4.06. The largest absolute Gasteiger partial charge is 0.392 e. The zero-order valence-corrected chi connectivity index (χ0v) is 15.1. The number of aliphatic hydroxyl groups excluding tert-OH is 1. The van der Waals surface area contributed by atoms with Crippen LogP contribution >= 0.6 is 11.3 Å². The minimum Gasteiger partial charge on any atom is -0.392 e. The van der Waals surface area contributed by atoms with Gasteiger partial charge in [-0.3, -0.25) is 9.78 Å². The first kappa shape index (κ1) is 17.8. The van der Waals surface area contributed by atoms with Crippen molar-refractivity contribution in [3.8, 4) is 0 Å². The standard InChI is InChI=1S/C20H24N2O2S/c23-14-16-13-19(25-15-16)9-10-20(24)22-12-4-2-6-18(22)8-7-17-5-1-3-11-21-17/h1,3,5,9-11,13,15,18,23H,2,4,6-8,12,14H2. The Morgan fingerprint density at radius 3 is 3.08 bits per heavy atom. The number of piperidine rings is 1. The highest BCUT2D eigenvalue weighted by Crippen LogP contribution is 2.22. The number of hydrogen-bond donors (Lipinski definition) is 1. The normalized spacial score (nSPS) is 18.0. The lowest BCUT2D eigenvalue weighted by atomic mass is 9.97. The van der Waals surface area contributed by atoms with E-state index in [9.17, 15) is 4.79 Å². The number of thiophene rings is 1. The molecule has 0 spiro atoms. The zero-order valence-electron chi connectivity index (χ0n) is 14.3. The number of carbonyl (C=O) groups excluding carboxylic acids is 1. The highest BCUT2D eigenvalue weighted by atomic mass is 32.1. The molecule has 2 aromatic rings. The second-order valence-electron chi connectivity index (χ2n) is 6.39. The Balaban J connectivity index is 1.60. The molecule has 1 N–H and O–H groups in total. The maximum atomic E-state index is 12.6. The summed E-state index contributed by atoms with van der Waals surface area (Å²) >= 11 is 1.55. The first-order chi connectivity index (χ1) is 12.3. The van der Waals surface area contributed by atoms with E-state index in [4.69, 9.17) is 5.11 Å². The number of nitrogens with zero attached hydrogens (tertiary/aromatic N) is 2. The van der Waals surface area contributed by atoms with E-state index in [-0.39, 0.29) is 12.5 Å². The summed E-state index contributed by atoms with van der Waals surface area (Å²) in [6.45, 7) is 0.877. The van der Waals surface area contributed by atoms with Gasteiger partial charge in [-0.1, -0.05) is 6.07 Å². The second-order valence-corrected chi connectivity index (χ2v) is 7.33. The summed E-state index contributed by atoms with van der Waals surface area (Å²) in [6, 6.07) is 8.20. The van der Waals surface area contributed by atoms with Crippen molar-refractivity contribution < 1.29 is 9.90 Å². The van der Waals surface area contributed by atoms with Crippen LogP contribution in [0.5, 0.6) is 0 Å². The van der Waals surface area contributed by atoms with E-state index in [2.05, 4.69) is 4.98 Å². The molecule has 3 heterocycles. The van der Waals surface area contributed by atoms with Gasteiger partial charge in [-0.2, -0.15) is 0 Å². The number of rotatable bonds is 6. The highest BCUT2D eigenvalue weighted by Gasteiger charge is 2.25. The molecule has 3 rings (SSSR count). The lowest BCUT2D eigenvalue weighted by Crippen LogP contribution is -2.43. The van der Waals surface area contributed by atoms with Crippen molar-refractivity contribution in [2.24, 2.45) is 0 Å². The van der Waals surface area contributed by atoms with Crippen molar-refractivity contribution in [3.05, 3.63) is 58.1 Å². The molecule has 25 heavy (non-hydrogen) atoms. The van der Waals surface area contributed by atoms with Crippen LogP contribution in [0, 0.1) is 0 Å². The monoisotopic (exact) mass is 356 g/mol. The van der Waals surface area contributed by atoms with Gasteiger partial charge >= 0.3 is 0 Å². The minimum absolute atomic E-state index is 0.0417. The van der Waals surface area contributed by atoms with Crippen LogP contribution in [0.15, 0.2) is 41.9 Å². The summed E-state index contributed by atoms with van der Waals surface area (Å²) in [5, 5.41) is 11.0. The van der Waals surface area contributed by atoms with Gasteiger partial charge in [0.25, 0.3) is 0 Å². The Hall–Kier alpha value is -1.98. The van der Waals surface area contributed by atoms with Crippen LogP contribution in [0.4, 0.5) is 0 Å². The van der Waals surface area contributed by atoms with Gasteiger partial charge in [0.2, 0.25) is 5.91 Å². The van der Waals surface area contributed by atoms with Crippen LogP contribution in [0.1, 0.15) is 41.8 Å². The van der Waals surface area contributed by atoms with E-state index in [1.54, 1.807) is 17.4 Å². The lowest BCUT2D eigenvalue weighted by Gasteiger charge is -2.35. The van der Waals surface area contributed by atoms with Gasteiger partial charge in [-0.05, 0) is 67.3 Å². The van der Waals surface area contributed by atoms with Crippen molar-refractivity contribution in [2.45, 2.75) is 44.8 Å². The van der Waals surface area contributed by atoms with E-state index in [1.807, 2.05) is 46.8 Å². The molecule has 1 aliphatic rings. The molecule has 132 valence electrons. The number of aromatic nitrogens is 1. The molecule has 1 saturated heterocycles. The summed E-state index contributed by atoms with van der Waals surface area (Å²) in [5.41, 5.74) is 1.98. The van der Waals surface area contributed by atoms with Crippen molar-refractivity contribution >= 4 is 23.3 Å². The van der Waals surface area contributed by atoms with Gasteiger partial charge in [0.05, 0.1) is 6.61 Å². The first-order valence-electron chi connectivity index (χ1n) is 8.83. The number of pyridine rings is 1. The minimum atomic E-state index is 0.0417. The zero-order chi connectivity index (χ0) is 17.5. The second kappa shape index (κ2) is 8.92. The summed E-state index contributed by atoms with van der Waals surface area (Å²) in [5.74, 6) is 0.0877. The number of likely N-dealkylation sites (tertiary alicyclic amines) is 1. The molecule has 2 aromatic heterocycles. The number of hydrogen-bond acceptors (Lipinski definition) is 4. The first-order valence-corrected chi connectivity index (χ1v) is 9.71. The number of aliphatic hydroxyl groups is 1. The third-order valence-corrected chi connectivity index (χ3v) is 5.56. The predicted molar refractivity (Wildman–Crippen MR) is 101 cm³/mol. The van der Waals surface area contributed by atoms with Crippen molar-refractivity contribution in [1.82, 2.24) is 9.88 Å². The Labute approximate surface area is 152 Å². The van der Waals surface area contributed by atoms with Crippen LogP contribution in [0.3, 0.4) is 0 Å². The van der Waals surface area contributed by atoms with Gasteiger partial charge < -0.3 is 10.0 Å². The fourth-order valence-electron chi connectivity index (χ4n) is 3.27. The number of carbonyl (C=O) groups is 1. The molecule has 1 aliphatic heterocycles. The van der Waals surface area contributed by atoms with Crippen LogP contribution in [-0.4, -0.2) is 33.5 Å². The molecule has 1 unspecified atom stereocenters. The Bertz CT molecular complexity index is 711. The smallest absolute Gasteiger partial charge is 0.246 e. The van der Waals surface area contributed by atoms with Gasteiger partial charge in [-0.25, -0.2) is 0 Å². The maximum absolute atomic E-state index is 12.6. The molecule has 5 heteroatoms. The van der Waals surface area contributed by atoms with Gasteiger partial charge in [0.15, 0.2) is 0 Å². The molecule has 1 amide bonds. The maximum Gasteiger partial charge on any atom is 0.246 e. The lowest BCUT2D eigenvalue weighted by molar-refractivity contribution is -0.129. The van der Waals surface area contributed by atoms with E-state index in [1.165, 1.54) is 6.42 Å². The van der Waals surface area contributed by atoms with Crippen LogP contribution in [0.2, 0.25) is 0 Å². The Morgan fingerprint density at radius 1 is 1.40 bits per heavy atom. The quantitative estimate of drug-likeness (QED) is 0.804. The molecule has 0 bridgehead atoms. The summed E-state index contributed by atoms with van der Waals surface area (Å²) in [7, 11) is 0. The highest BCUT2D eigenvalue weighted by molar-refractivity contribution is 7.11. The van der Waals surface area contributed by atoms with E-state index < -0.39 is 0 Å². The molecule has 0 aliphatic carbocycles. The van der Waals surface area contributed by atoms with Gasteiger partial charge in [0.1, 0.15) is 0 Å². The average Bonchev–Trinajstić information content (AvgIpc) is 3.14. The van der Waals surface area contributed by atoms with Crippen LogP contribution < -0.4 is 0 Å². The Morgan fingerprint density at radius 2 is 2.32 bits per heavy atom. The van der Waals surface area contributed by atoms with Crippen molar-refractivity contribution in [2.75, 3.05) is 6.54 Å². The SMILES string of the molecule is O=C(C=Cc1cc(CO)cs1)N1CCCCC1CCc1ccccn1. The Kier molecular flexibility index (Phi) is 6.36. The summed E-state index contributed by atoms with van der Waals surface area (Å²) in [4.78, 5) is 20.0. The molecule has 0 saturated carbocycles. The molecule has 0 aromatic carbocycles. The molecular formula is C20H24N2O2S. The molecule has 1 atom stereocenters. The van der Waals surface area contributed by atoms with Crippen molar-refractivity contribution in [3.63, 3.8) is 0 Å². The molecule has 0 radical (unpaired) electrons. The average molecular weight is 356 g/mol. The van der Waals surface area contributed by atoms with E-state index in [0.29, 0.717) is 6.04 Å². The van der Waals surface area contributed by atoms with Crippen molar-refractivity contribution in [1.29, 1.82) is 0 Å². The van der Waals surface area contributed by atoms with Gasteiger partial charge in [0, 0.05) is 35.4 Å². The molecule has 1 fully saturated rings. The molecular weight excluding hydrogens is 332 g/mol. The molecule has 4 nitrogen and oxygen atoms in total. The number of amides is 1. The van der Waals surface area contributed by atoms with Crippen LogP contribution in [-0.2, 0) is 17.8 Å².